The molecule has 0 bridgehead atoms. The Morgan fingerprint density at radius 2 is 2.18 bits per heavy atom. The zero-order chi connectivity index (χ0) is 12.7. The molecule has 0 aliphatic rings. The zero-order valence-electron chi connectivity index (χ0n) is 9.96. The van der Waals surface area contributed by atoms with Crippen LogP contribution in [-0.2, 0) is 4.74 Å². The minimum absolute atomic E-state index is 0.0169. The summed E-state index contributed by atoms with van der Waals surface area (Å²) in [5.74, 6) is -0.631. The Hall–Kier alpha value is -1.62. The Morgan fingerprint density at radius 3 is 2.76 bits per heavy atom. The Morgan fingerprint density at radius 1 is 1.41 bits per heavy atom. The smallest absolute Gasteiger partial charge is 0.254 e. The number of hydrogen-bond donors (Lipinski definition) is 1. The monoisotopic (exact) mass is 241 g/mol. The predicted octanol–water partition coefficient (Wildman–Crippen LogP) is 1.60. The van der Waals surface area contributed by atoms with Crippen molar-refractivity contribution >= 4 is 5.91 Å². The van der Waals surface area contributed by atoms with E-state index in [0.29, 0.717) is 25.3 Å². The summed E-state index contributed by atoms with van der Waals surface area (Å²) in [6, 6.07) is 4.14. The summed E-state index contributed by atoms with van der Waals surface area (Å²) in [6.45, 7) is 1.02. The first-order chi connectivity index (χ1) is 8.19. The number of nitrogens with one attached hydrogen (secondary N) is 1. The molecule has 0 unspecified atom stereocenters. The Bertz CT molecular complexity index is 382. The molecule has 4 nitrogen and oxygen atoms in total. The maximum absolute atomic E-state index is 13.5. The van der Waals surface area contributed by atoms with Gasteiger partial charge >= 0.3 is 0 Å². The van der Waals surface area contributed by atoms with Crippen molar-refractivity contribution in [2.75, 3.05) is 27.4 Å². The van der Waals surface area contributed by atoms with Crippen molar-refractivity contribution in [3.63, 3.8) is 0 Å². The van der Waals surface area contributed by atoms with Gasteiger partial charge in [0.15, 0.2) is 0 Å². The molecule has 5 heteroatoms. The van der Waals surface area contributed by atoms with Gasteiger partial charge in [-0.05, 0) is 18.6 Å². The number of methoxy groups -OCH3 is 2. The van der Waals surface area contributed by atoms with E-state index in [0.717, 1.165) is 0 Å². The van der Waals surface area contributed by atoms with Crippen LogP contribution < -0.4 is 10.1 Å². The van der Waals surface area contributed by atoms with Crippen LogP contribution in [0, 0.1) is 5.82 Å². The van der Waals surface area contributed by atoms with E-state index in [-0.39, 0.29) is 5.56 Å². The molecule has 1 N–H and O–H groups in total. The van der Waals surface area contributed by atoms with Crippen molar-refractivity contribution in [3.05, 3.63) is 29.6 Å². The summed E-state index contributed by atoms with van der Waals surface area (Å²) in [5.41, 5.74) is 0.0169. The van der Waals surface area contributed by atoms with E-state index in [1.807, 2.05) is 0 Å². The normalized spacial score (nSPS) is 10.1. The fourth-order valence-corrected chi connectivity index (χ4v) is 1.32. The van der Waals surface area contributed by atoms with Gasteiger partial charge < -0.3 is 14.8 Å². The van der Waals surface area contributed by atoms with Gasteiger partial charge in [0, 0.05) is 26.3 Å². The summed E-state index contributed by atoms with van der Waals surface area (Å²) < 4.78 is 23.2. The number of ether oxygens (including phenoxy) is 2. The summed E-state index contributed by atoms with van der Waals surface area (Å²) >= 11 is 0. The van der Waals surface area contributed by atoms with Gasteiger partial charge in [0.05, 0.1) is 12.7 Å². The maximum atomic E-state index is 13.5. The van der Waals surface area contributed by atoms with Gasteiger partial charge in [-0.1, -0.05) is 0 Å². The van der Waals surface area contributed by atoms with Gasteiger partial charge in [-0.2, -0.15) is 0 Å². The van der Waals surface area contributed by atoms with Crippen LogP contribution in [0.15, 0.2) is 18.2 Å². The average Bonchev–Trinajstić information content (AvgIpc) is 2.34. The van der Waals surface area contributed by atoms with Gasteiger partial charge in [-0.25, -0.2) is 4.39 Å². The maximum Gasteiger partial charge on any atom is 0.254 e. The minimum Gasteiger partial charge on any atom is -0.497 e. The van der Waals surface area contributed by atoms with E-state index in [9.17, 15) is 9.18 Å². The molecule has 0 heterocycles. The molecule has 0 spiro atoms. The molecule has 0 fully saturated rings. The molecule has 0 radical (unpaired) electrons. The van der Waals surface area contributed by atoms with Crippen LogP contribution in [0.1, 0.15) is 16.8 Å². The number of halogens is 1. The topological polar surface area (TPSA) is 47.6 Å². The molecule has 1 amide bonds. The molecule has 0 saturated heterocycles. The molecule has 0 aliphatic heterocycles. The highest BCUT2D eigenvalue weighted by Crippen LogP contribution is 2.15. The number of hydrogen-bond acceptors (Lipinski definition) is 3. The molecule has 0 atom stereocenters. The van der Waals surface area contributed by atoms with Crippen molar-refractivity contribution in [2.45, 2.75) is 6.42 Å². The zero-order valence-corrected chi connectivity index (χ0v) is 9.96. The highest BCUT2D eigenvalue weighted by atomic mass is 19.1. The second-order valence-electron chi connectivity index (χ2n) is 3.45. The third kappa shape index (κ3) is 4.03. The lowest BCUT2D eigenvalue weighted by Crippen LogP contribution is -2.26. The van der Waals surface area contributed by atoms with E-state index < -0.39 is 11.7 Å². The van der Waals surface area contributed by atoms with Crippen molar-refractivity contribution in [1.29, 1.82) is 0 Å². The third-order valence-corrected chi connectivity index (χ3v) is 2.23. The first kappa shape index (κ1) is 13.4. The Balaban J connectivity index is 2.57. The van der Waals surface area contributed by atoms with Gasteiger partial charge in [0.25, 0.3) is 5.91 Å². The van der Waals surface area contributed by atoms with E-state index in [1.165, 1.54) is 19.2 Å². The van der Waals surface area contributed by atoms with E-state index in [2.05, 4.69) is 5.32 Å². The van der Waals surface area contributed by atoms with Crippen LogP contribution in [0.2, 0.25) is 0 Å². The highest BCUT2D eigenvalue weighted by Gasteiger charge is 2.11. The van der Waals surface area contributed by atoms with Crippen LogP contribution in [0.5, 0.6) is 5.75 Å². The molecule has 0 aliphatic carbocycles. The summed E-state index contributed by atoms with van der Waals surface area (Å²) in [6.07, 6.45) is 0.694. The molecule has 0 aromatic heterocycles. The number of carbonyl (C=O) groups excluding carboxylic acids is 1. The van der Waals surface area contributed by atoms with Crippen molar-refractivity contribution < 1.29 is 18.7 Å². The molecule has 17 heavy (non-hydrogen) atoms. The summed E-state index contributed by atoms with van der Waals surface area (Å²) in [7, 11) is 3.03. The van der Waals surface area contributed by atoms with Crippen LogP contribution in [-0.4, -0.2) is 33.3 Å². The number of benzene rings is 1. The Kier molecular flexibility index (Phi) is 5.42. The largest absolute Gasteiger partial charge is 0.497 e. The van der Waals surface area contributed by atoms with Gasteiger partial charge in [-0.3, -0.25) is 4.79 Å². The van der Waals surface area contributed by atoms with Gasteiger partial charge in [0.2, 0.25) is 0 Å². The molecule has 0 saturated carbocycles. The van der Waals surface area contributed by atoms with Crippen molar-refractivity contribution in [2.24, 2.45) is 0 Å². The molecule has 1 aromatic carbocycles. The van der Waals surface area contributed by atoms with E-state index in [1.54, 1.807) is 13.2 Å². The van der Waals surface area contributed by atoms with Crippen LogP contribution in [0.4, 0.5) is 4.39 Å². The van der Waals surface area contributed by atoms with E-state index in [4.69, 9.17) is 9.47 Å². The van der Waals surface area contributed by atoms with Gasteiger partial charge in [0.1, 0.15) is 11.6 Å². The number of amides is 1. The van der Waals surface area contributed by atoms with Gasteiger partial charge in [-0.15, -0.1) is 0 Å². The molecule has 94 valence electrons. The minimum atomic E-state index is -0.589. The molecular formula is C12H16FNO3. The van der Waals surface area contributed by atoms with Crippen molar-refractivity contribution in [1.82, 2.24) is 5.32 Å². The quantitative estimate of drug-likeness (QED) is 0.769. The second-order valence-corrected chi connectivity index (χ2v) is 3.45. The van der Waals surface area contributed by atoms with E-state index >= 15 is 0 Å². The predicted molar refractivity (Wildman–Crippen MR) is 61.8 cm³/mol. The average molecular weight is 241 g/mol. The lowest BCUT2D eigenvalue weighted by atomic mass is 10.2. The summed E-state index contributed by atoms with van der Waals surface area (Å²) in [5, 5.41) is 2.61. The molecule has 1 aromatic rings. The van der Waals surface area contributed by atoms with Crippen molar-refractivity contribution in [3.8, 4) is 5.75 Å². The lowest BCUT2D eigenvalue weighted by molar-refractivity contribution is 0.0944. The molecular weight excluding hydrogens is 225 g/mol. The first-order valence-electron chi connectivity index (χ1n) is 5.29. The van der Waals surface area contributed by atoms with Crippen LogP contribution >= 0.6 is 0 Å². The number of rotatable bonds is 6. The fourth-order valence-electron chi connectivity index (χ4n) is 1.32. The first-order valence-corrected chi connectivity index (χ1v) is 5.29. The van der Waals surface area contributed by atoms with Crippen LogP contribution in [0.3, 0.4) is 0 Å². The standard InChI is InChI=1S/C12H16FNO3/c1-16-7-3-6-14-12(15)10-5-4-9(17-2)8-11(10)13/h4-5,8H,3,6-7H2,1-2H3,(H,14,15). The highest BCUT2D eigenvalue weighted by molar-refractivity contribution is 5.94. The molecule has 1 rings (SSSR count). The number of carbonyl (C=O) groups is 1. The third-order valence-electron chi connectivity index (χ3n) is 2.23. The Labute approximate surface area is 99.7 Å². The second kappa shape index (κ2) is 6.85. The lowest BCUT2D eigenvalue weighted by Gasteiger charge is -2.07. The van der Waals surface area contributed by atoms with Crippen LogP contribution in [0.25, 0.3) is 0 Å². The SMILES string of the molecule is COCCCNC(=O)c1ccc(OC)cc1F. The fraction of sp³-hybridized carbons (Fsp3) is 0.417. The summed E-state index contributed by atoms with van der Waals surface area (Å²) in [4.78, 5) is 11.6.